The van der Waals surface area contributed by atoms with Gasteiger partial charge in [-0.1, -0.05) is 6.07 Å². The van der Waals surface area contributed by atoms with Gasteiger partial charge >= 0.3 is 6.03 Å². The van der Waals surface area contributed by atoms with Crippen molar-refractivity contribution < 1.29 is 23.8 Å². The zero-order valence-corrected chi connectivity index (χ0v) is 17.6. The number of urea groups is 1. The van der Waals surface area contributed by atoms with E-state index in [4.69, 9.17) is 14.2 Å². The maximum absolute atomic E-state index is 12.8. The number of carbonyl (C=O) groups is 2. The number of methoxy groups -OCH3 is 1. The molecule has 0 aromatic heterocycles. The molecule has 2 aromatic carbocycles. The third-order valence-electron chi connectivity index (χ3n) is 5.50. The largest absolute Gasteiger partial charge is 0.497 e. The second-order valence-electron chi connectivity index (χ2n) is 7.51. The number of amides is 3. The van der Waals surface area contributed by atoms with Crippen LogP contribution in [0.2, 0.25) is 0 Å². The lowest BCUT2D eigenvalue weighted by atomic mass is 10.0. The van der Waals surface area contributed by atoms with Crippen LogP contribution < -0.4 is 24.8 Å². The number of benzene rings is 2. The number of likely N-dealkylation sites (tertiary alicyclic amines) is 1. The second kappa shape index (κ2) is 9.59. The SMILES string of the molecule is COc1ccc(NC(=O)NCCC(=O)N2CCCC2c2ccc3c(c2)OCCO3)cc1. The Labute approximate surface area is 181 Å². The first kappa shape index (κ1) is 20.8. The van der Waals surface area contributed by atoms with Crippen LogP contribution in [0.3, 0.4) is 0 Å². The van der Waals surface area contributed by atoms with Crippen LogP contribution in [-0.2, 0) is 4.79 Å². The number of fused-ring (bicyclic) bond motifs is 1. The first-order valence-electron chi connectivity index (χ1n) is 10.5. The van der Waals surface area contributed by atoms with E-state index in [0.29, 0.717) is 18.9 Å². The van der Waals surface area contributed by atoms with Crippen LogP contribution in [0.5, 0.6) is 17.2 Å². The number of rotatable bonds is 6. The fraction of sp³-hybridized carbons (Fsp3) is 0.391. The first-order valence-corrected chi connectivity index (χ1v) is 10.5. The fourth-order valence-corrected chi connectivity index (χ4v) is 3.96. The molecule has 2 N–H and O–H groups in total. The molecular weight excluding hydrogens is 398 g/mol. The topological polar surface area (TPSA) is 89.1 Å². The molecule has 1 unspecified atom stereocenters. The molecule has 164 valence electrons. The third kappa shape index (κ3) is 5.02. The minimum Gasteiger partial charge on any atom is -0.497 e. The second-order valence-corrected chi connectivity index (χ2v) is 7.51. The predicted molar refractivity (Wildman–Crippen MR) is 116 cm³/mol. The van der Waals surface area contributed by atoms with E-state index in [1.165, 1.54) is 0 Å². The summed E-state index contributed by atoms with van der Waals surface area (Å²) in [6.07, 6.45) is 2.12. The summed E-state index contributed by atoms with van der Waals surface area (Å²) in [6.45, 7) is 2.08. The number of anilines is 1. The fourth-order valence-electron chi connectivity index (χ4n) is 3.96. The molecule has 0 bridgehead atoms. The molecule has 31 heavy (non-hydrogen) atoms. The maximum Gasteiger partial charge on any atom is 0.319 e. The molecule has 2 aromatic rings. The summed E-state index contributed by atoms with van der Waals surface area (Å²) in [7, 11) is 1.59. The molecule has 3 amide bonds. The van der Waals surface area contributed by atoms with Crippen LogP contribution in [0.15, 0.2) is 42.5 Å². The molecule has 8 nitrogen and oxygen atoms in total. The van der Waals surface area contributed by atoms with Gasteiger partial charge in [0, 0.05) is 25.2 Å². The minimum absolute atomic E-state index is 0.0245. The molecule has 8 heteroatoms. The van der Waals surface area contributed by atoms with Gasteiger partial charge in [-0.05, 0) is 54.8 Å². The number of nitrogens with zero attached hydrogens (tertiary/aromatic N) is 1. The Morgan fingerprint density at radius 1 is 1.10 bits per heavy atom. The van der Waals surface area contributed by atoms with E-state index in [1.807, 2.05) is 23.1 Å². The van der Waals surface area contributed by atoms with E-state index < -0.39 is 0 Å². The molecule has 2 aliphatic rings. The van der Waals surface area contributed by atoms with Gasteiger partial charge in [-0.25, -0.2) is 4.79 Å². The van der Waals surface area contributed by atoms with Crippen LogP contribution in [0, 0.1) is 0 Å². The van der Waals surface area contributed by atoms with Crippen molar-refractivity contribution in [2.75, 3.05) is 38.7 Å². The normalized spacial score (nSPS) is 17.2. The monoisotopic (exact) mass is 425 g/mol. The summed E-state index contributed by atoms with van der Waals surface area (Å²) >= 11 is 0. The lowest BCUT2D eigenvalue weighted by Crippen LogP contribution is -2.35. The highest BCUT2D eigenvalue weighted by Gasteiger charge is 2.30. The number of hydrogen-bond acceptors (Lipinski definition) is 5. The van der Waals surface area contributed by atoms with Gasteiger partial charge in [0.05, 0.1) is 13.2 Å². The summed E-state index contributed by atoms with van der Waals surface area (Å²) in [5.41, 5.74) is 1.71. The zero-order valence-electron chi connectivity index (χ0n) is 17.6. The van der Waals surface area contributed by atoms with E-state index in [1.54, 1.807) is 31.4 Å². The quantitative estimate of drug-likeness (QED) is 0.741. The summed E-state index contributed by atoms with van der Waals surface area (Å²) < 4.78 is 16.4. The predicted octanol–water partition coefficient (Wildman–Crippen LogP) is 3.34. The van der Waals surface area contributed by atoms with E-state index in [0.717, 1.165) is 42.2 Å². The van der Waals surface area contributed by atoms with Crippen molar-refractivity contribution in [3.63, 3.8) is 0 Å². The van der Waals surface area contributed by atoms with Gasteiger partial charge in [0.15, 0.2) is 11.5 Å². The van der Waals surface area contributed by atoms with Crippen LogP contribution in [-0.4, -0.2) is 50.3 Å². The van der Waals surface area contributed by atoms with Gasteiger partial charge < -0.3 is 29.7 Å². The van der Waals surface area contributed by atoms with Crippen molar-refractivity contribution in [1.82, 2.24) is 10.2 Å². The van der Waals surface area contributed by atoms with Crippen LogP contribution in [0.25, 0.3) is 0 Å². The van der Waals surface area contributed by atoms with Crippen LogP contribution in [0.1, 0.15) is 30.9 Å². The highest BCUT2D eigenvalue weighted by atomic mass is 16.6. The molecule has 4 rings (SSSR count). The number of ether oxygens (including phenoxy) is 3. The Hall–Kier alpha value is -3.42. The highest BCUT2D eigenvalue weighted by Crippen LogP contribution is 2.38. The standard InChI is InChI=1S/C23H27N3O5/c1-29-18-7-5-17(6-8-18)25-23(28)24-11-10-22(27)26-12-2-3-19(26)16-4-9-20-21(15-16)31-14-13-30-20/h4-9,15,19H,2-3,10-14H2,1H3,(H2,24,25,28). The van der Waals surface area contributed by atoms with E-state index in [-0.39, 0.29) is 30.9 Å². The Balaban J connectivity index is 1.28. The summed E-state index contributed by atoms with van der Waals surface area (Å²) in [6, 6.07) is 12.6. The highest BCUT2D eigenvalue weighted by molar-refractivity contribution is 5.89. The minimum atomic E-state index is -0.345. The molecular formula is C23H27N3O5. The first-order chi connectivity index (χ1) is 15.1. The molecule has 0 aliphatic carbocycles. The Morgan fingerprint density at radius 2 is 1.87 bits per heavy atom. The maximum atomic E-state index is 12.8. The van der Waals surface area contributed by atoms with E-state index >= 15 is 0 Å². The van der Waals surface area contributed by atoms with Gasteiger partial charge in [0.2, 0.25) is 5.91 Å². The number of nitrogens with one attached hydrogen (secondary N) is 2. The average molecular weight is 425 g/mol. The lowest BCUT2D eigenvalue weighted by Gasteiger charge is -2.27. The van der Waals surface area contributed by atoms with Crippen molar-refractivity contribution in [1.29, 1.82) is 0 Å². The van der Waals surface area contributed by atoms with Crippen molar-refractivity contribution in [2.24, 2.45) is 0 Å². The van der Waals surface area contributed by atoms with Gasteiger partial charge in [-0.2, -0.15) is 0 Å². The van der Waals surface area contributed by atoms with E-state index in [9.17, 15) is 9.59 Å². The molecule has 1 atom stereocenters. The molecule has 0 radical (unpaired) electrons. The third-order valence-corrected chi connectivity index (χ3v) is 5.50. The zero-order chi connectivity index (χ0) is 21.6. The summed E-state index contributed by atoms with van der Waals surface area (Å²) in [5, 5.41) is 5.49. The summed E-state index contributed by atoms with van der Waals surface area (Å²) in [5.74, 6) is 2.23. The van der Waals surface area contributed by atoms with Gasteiger partial charge in [-0.3, -0.25) is 4.79 Å². The van der Waals surface area contributed by atoms with E-state index in [2.05, 4.69) is 10.6 Å². The lowest BCUT2D eigenvalue weighted by molar-refractivity contribution is -0.132. The molecule has 1 fully saturated rings. The Morgan fingerprint density at radius 3 is 2.65 bits per heavy atom. The van der Waals surface area contributed by atoms with Crippen molar-refractivity contribution in [3.8, 4) is 17.2 Å². The Kier molecular flexibility index (Phi) is 6.45. The molecule has 0 spiro atoms. The summed E-state index contributed by atoms with van der Waals surface area (Å²) in [4.78, 5) is 26.8. The number of hydrogen-bond donors (Lipinski definition) is 2. The molecule has 2 heterocycles. The molecule has 0 saturated carbocycles. The van der Waals surface area contributed by atoms with Crippen LogP contribution in [0.4, 0.5) is 10.5 Å². The van der Waals surface area contributed by atoms with Gasteiger partial charge in [-0.15, -0.1) is 0 Å². The Bertz CT molecular complexity index is 931. The molecule has 1 saturated heterocycles. The van der Waals surface area contributed by atoms with Crippen LogP contribution >= 0.6 is 0 Å². The number of carbonyl (C=O) groups excluding carboxylic acids is 2. The average Bonchev–Trinajstić information content (AvgIpc) is 3.29. The van der Waals surface area contributed by atoms with Crippen molar-refractivity contribution >= 4 is 17.6 Å². The smallest absolute Gasteiger partial charge is 0.319 e. The van der Waals surface area contributed by atoms with Crippen molar-refractivity contribution in [3.05, 3.63) is 48.0 Å². The van der Waals surface area contributed by atoms with Gasteiger partial charge in [0.25, 0.3) is 0 Å². The van der Waals surface area contributed by atoms with Gasteiger partial charge in [0.1, 0.15) is 19.0 Å². The van der Waals surface area contributed by atoms with Crippen molar-refractivity contribution in [2.45, 2.75) is 25.3 Å². The molecule has 2 aliphatic heterocycles.